The van der Waals surface area contributed by atoms with Crippen LogP contribution in [0, 0.1) is 0 Å². The second-order valence-electron chi connectivity index (χ2n) is 4.14. The summed E-state index contributed by atoms with van der Waals surface area (Å²) in [5.41, 5.74) is 6.61. The topological polar surface area (TPSA) is 77.5 Å². The van der Waals surface area contributed by atoms with E-state index < -0.39 is 0 Å². The van der Waals surface area contributed by atoms with Crippen LogP contribution in [0.1, 0.15) is 29.1 Å². The number of amides is 1. The minimum absolute atomic E-state index is 0.228. The Hall–Kier alpha value is -2.43. The average Bonchev–Trinajstić information content (AvgIpc) is 2.92. The number of anilines is 1. The maximum atomic E-state index is 12.2. The number of benzene rings is 1. The quantitative estimate of drug-likeness (QED) is 0.827. The largest absolute Gasteiger partial charge is 0.494 e. The summed E-state index contributed by atoms with van der Waals surface area (Å²) in [7, 11) is 1.48. The van der Waals surface area contributed by atoms with E-state index in [1.165, 1.54) is 7.11 Å². The molecular weight excluding hydrogens is 244 g/mol. The highest BCUT2D eigenvalue weighted by molar-refractivity contribution is 5.98. The summed E-state index contributed by atoms with van der Waals surface area (Å²) in [5.74, 6) is 0.816. The zero-order chi connectivity index (χ0) is 13.8. The van der Waals surface area contributed by atoms with Crippen molar-refractivity contribution in [2.75, 3.05) is 12.8 Å². The Morgan fingerprint density at radius 3 is 2.79 bits per heavy atom. The van der Waals surface area contributed by atoms with Gasteiger partial charge in [-0.1, -0.05) is 6.07 Å². The summed E-state index contributed by atoms with van der Waals surface area (Å²) in [6, 6.07) is 8.42. The number of carbonyl (C=O) groups is 1. The van der Waals surface area contributed by atoms with Gasteiger partial charge in [-0.15, -0.1) is 0 Å². The molecule has 1 heterocycles. The predicted octanol–water partition coefficient (Wildman–Crippen LogP) is 2.36. The number of hydrogen-bond donors (Lipinski definition) is 2. The summed E-state index contributed by atoms with van der Waals surface area (Å²) < 4.78 is 10.4. The van der Waals surface area contributed by atoms with Gasteiger partial charge in [0.05, 0.1) is 30.7 Å². The molecule has 5 nitrogen and oxygen atoms in total. The van der Waals surface area contributed by atoms with Gasteiger partial charge in [0.25, 0.3) is 5.91 Å². The molecule has 0 spiro atoms. The molecule has 0 bridgehead atoms. The first-order valence-electron chi connectivity index (χ1n) is 5.90. The first-order chi connectivity index (χ1) is 9.13. The Balaban J connectivity index is 2.19. The Bertz CT molecular complexity index is 564. The molecule has 100 valence electrons. The highest BCUT2D eigenvalue weighted by atomic mass is 16.5. The van der Waals surface area contributed by atoms with Crippen LogP contribution in [0.2, 0.25) is 0 Å². The van der Waals surface area contributed by atoms with Gasteiger partial charge >= 0.3 is 0 Å². The number of hydrogen-bond acceptors (Lipinski definition) is 4. The molecular formula is C14H16N2O3. The Labute approximate surface area is 111 Å². The van der Waals surface area contributed by atoms with Crippen molar-refractivity contribution in [2.24, 2.45) is 0 Å². The van der Waals surface area contributed by atoms with E-state index in [9.17, 15) is 4.79 Å². The van der Waals surface area contributed by atoms with Crippen molar-refractivity contribution in [3.63, 3.8) is 0 Å². The van der Waals surface area contributed by atoms with Crippen LogP contribution in [-0.4, -0.2) is 13.0 Å². The molecule has 0 fully saturated rings. The third kappa shape index (κ3) is 2.70. The van der Waals surface area contributed by atoms with E-state index >= 15 is 0 Å². The van der Waals surface area contributed by atoms with Crippen LogP contribution in [0.4, 0.5) is 5.69 Å². The van der Waals surface area contributed by atoms with Crippen molar-refractivity contribution in [3.05, 3.63) is 47.9 Å². The average molecular weight is 260 g/mol. The fraction of sp³-hybridized carbons (Fsp3) is 0.214. The molecule has 1 aromatic carbocycles. The maximum absolute atomic E-state index is 12.2. The van der Waals surface area contributed by atoms with E-state index in [0.717, 1.165) is 0 Å². The minimum atomic E-state index is -0.256. The van der Waals surface area contributed by atoms with Gasteiger partial charge in [0.15, 0.2) is 5.75 Å². The van der Waals surface area contributed by atoms with E-state index in [1.807, 2.05) is 13.0 Å². The van der Waals surface area contributed by atoms with Gasteiger partial charge in [-0.25, -0.2) is 0 Å². The fourth-order valence-electron chi connectivity index (χ4n) is 1.84. The molecule has 1 amide bonds. The van der Waals surface area contributed by atoms with Crippen molar-refractivity contribution in [2.45, 2.75) is 13.0 Å². The second kappa shape index (κ2) is 5.48. The number of methoxy groups -OCH3 is 1. The van der Waals surface area contributed by atoms with Gasteiger partial charge in [0.2, 0.25) is 0 Å². The summed E-state index contributed by atoms with van der Waals surface area (Å²) >= 11 is 0. The molecule has 5 heteroatoms. The number of para-hydroxylation sites is 1. The Morgan fingerprint density at radius 2 is 2.16 bits per heavy atom. The minimum Gasteiger partial charge on any atom is -0.494 e. The Kier molecular flexibility index (Phi) is 3.75. The van der Waals surface area contributed by atoms with E-state index in [2.05, 4.69) is 5.32 Å². The van der Waals surface area contributed by atoms with Gasteiger partial charge in [0, 0.05) is 0 Å². The zero-order valence-corrected chi connectivity index (χ0v) is 10.8. The van der Waals surface area contributed by atoms with Crippen molar-refractivity contribution < 1.29 is 13.9 Å². The molecule has 0 radical (unpaired) electrons. The summed E-state index contributed by atoms with van der Waals surface area (Å²) in [6.07, 6.45) is 1.57. The third-order valence-corrected chi connectivity index (χ3v) is 2.81. The van der Waals surface area contributed by atoms with Crippen LogP contribution in [0.3, 0.4) is 0 Å². The standard InChI is InChI=1S/C14H16N2O3/c1-9(12-7-4-8-19-12)16-14(17)10-5-3-6-11(15)13(10)18-2/h3-9H,15H2,1-2H3,(H,16,17). The SMILES string of the molecule is COc1c(N)cccc1C(=O)NC(C)c1ccco1. The highest BCUT2D eigenvalue weighted by Gasteiger charge is 2.17. The zero-order valence-electron chi connectivity index (χ0n) is 10.8. The van der Waals surface area contributed by atoms with E-state index in [-0.39, 0.29) is 11.9 Å². The van der Waals surface area contributed by atoms with Gasteiger partial charge in [-0.3, -0.25) is 4.79 Å². The number of nitrogens with one attached hydrogen (secondary N) is 1. The van der Waals surface area contributed by atoms with Gasteiger partial charge in [0.1, 0.15) is 5.76 Å². The lowest BCUT2D eigenvalue weighted by atomic mass is 10.1. The van der Waals surface area contributed by atoms with E-state index in [4.69, 9.17) is 14.9 Å². The number of carbonyl (C=O) groups excluding carboxylic acids is 1. The number of nitrogens with two attached hydrogens (primary N) is 1. The molecule has 1 aromatic heterocycles. The van der Waals surface area contributed by atoms with Crippen LogP contribution < -0.4 is 15.8 Å². The van der Waals surface area contributed by atoms with Gasteiger partial charge in [-0.2, -0.15) is 0 Å². The number of nitrogen functional groups attached to an aromatic ring is 1. The summed E-state index contributed by atoms with van der Waals surface area (Å²) in [4.78, 5) is 12.2. The predicted molar refractivity (Wildman–Crippen MR) is 72.0 cm³/mol. The molecule has 19 heavy (non-hydrogen) atoms. The molecule has 1 atom stereocenters. The maximum Gasteiger partial charge on any atom is 0.255 e. The number of ether oxygens (including phenoxy) is 1. The first kappa shape index (κ1) is 13.0. The van der Waals surface area contributed by atoms with Crippen molar-refractivity contribution in [1.82, 2.24) is 5.32 Å². The third-order valence-electron chi connectivity index (χ3n) is 2.81. The highest BCUT2D eigenvalue weighted by Crippen LogP contribution is 2.26. The Morgan fingerprint density at radius 1 is 1.37 bits per heavy atom. The lowest BCUT2D eigenvalue weighted by Gasteiger charge is -2.14. The molecule has 0 aliphatic heterocycles. The van der Waals surface area contributed by atoms with Crippen LogP contribution >= 0.6 is 0 Å². The summed E-state index contributed by atoms with van der Waals surface area (Å²) in [5, 5.41) is 2.83. The lowest BCUT2D eigenvalue weighted by Crippen LogP contribution is -2.26. The van der Waals surface area contributed by atoms with Gasteiger partial charge < -0.3 is 20.2 Å². The molecule has 2 aromatic rings. The van der Waals surface area contributed by atoms with Crippen molar-refractivity contribution in [1.29, 1.82) is 0 Å². The molecule has 0 aliphatic carbocycles. The van der Waals surface area contributed by atoms with Crippen molar-refractivity contribution in [3.8, 4) is 5.75 Å². The molecule has 0 aliphatic rings. The molecule has 3 N–H and O–H groups in total. The van der Waals surface area contributed by atoms with Crippen LogP contribution in [-0.2, 0) is 0 Å². The second-order valence-corrected chi connectivity index (χ2v) is 4.14. The van der Waals surface area contributed by atoms with Crippen LogP contribution in [0.15, 0.2) is 41.0 Å². The molecule has 0 saturated carbocycles. The smallest absolute Gasteiger partial charge is 0.255 e. The van der Waals surface area contributed by atoms with Crippen LogP contribution in [0.5, 0.6) is 5.75 Å². The first-order valence-corrected chi connectivity index (χ1v) is 5.90. The van der Waals surface area contributed by atoms with E-state index in [1.54, 1.807) is 30.5 Å². The van der Waals surface area contributed by atoms with Gasteiger partial charge in [-0.05, 0) is 31.2 Å². The monoisotopic (exact) mass is 260 g/mol. The lowest BCUT2D eigenvalue weighted by molar-refractivity contribution is 0.0932. The molecule has 1 unspecified atom stereocenters. The van der Waals surface area contributed by atoms with Crippen LogP contribution in [0.25, 0.3) is 0 Å². The molecule has 0 saturated heterocycles. The van der Waals surface area contributed by atoms with E-state index in [0.29, 0.717) is 22.8 Å². The van der Waals surface area contributed by atoms with Crippen molar-refractivity contribution >= 4 is 11.6 Å². The number of rotatable bonds is 4. The summed E-state index contributed by atoms with van der Waals surface area (Å²) in [6.45, 7) is 1.84. The fourth-order valence-corrected chi connectivity index (χ4v) is 1.84. The molecule has 2 rings (SSSR count). The normalized spacial score (nSPS) is 11.9. The number of furan rings is 1.